The maximum Gasteiger partial charge on any atom is 0.164 e. The third-order valence-electron chi connectivity index (χ3n) is 27.2. The van der Waals surface area contributed by atoms with Crippen LogP contribution in [0, 0.1) is 0 Å². The first kappa shape index (κ1) is 82.2. The summed E-state index contributed by atoms with van der Waals surface area (Å²) >= 11 is 0. The molecule has 6 aromatic heterocycles. The van der Waals surface area contributed by atoms with Gasteiger partial charge in [-0.3, -0.25) is 15.0 Å². The number of benzene rings is 16. The Morgan fingerprint density at radius 2 is 0.350 bits per heavy atom. The summed E-state index contributed by atoms with van der Waals surface area (Å²) in [5, 5.41) is 0. The fourth-order valence-electron chi connectivity index (χ4n) is 20.7. The Hall–Kier alpha value is -18.0. The van der Waals surface area contributed by atoms with Crippen molar-refractivity contribution in [1.82, 2.24) is 59.8 Å². The lowest BCUT2D eigenvalue weighted by Gasteiger charge is -2.34. The lowest BCUT2D eigenvalue weighted by Crippen LogP contribution is -2.28. The highest BCUT2D eigenvalue weighted by atomic mass is 15.1. The van der Waals surface area contributed by atoms with Gasteiger partial charge in [-0.1, -0.05) is 414 Å². The van der Waals surface area contributed by atoms with E-state index in [4.69, 9.17) is 44.9 Å². The Morgan fingerprint density at radius 3 is 0.650 bits per heavy atom. The first-order valence-corrected chi connectivity index (χ1v) is 46.2. The molecule has 22 aromatic rings. The molecule has 6 heterocycles. The Balaban J connectivity index is 0.000000113. The van der Waals surface area contributed by atoms with E-state index in [1.807, 2.05) is 116 Å². The molecule has 26 rings (SSSR count). The maximum absolute atomic E-state index is 5.15. The fraction of sp³-hybridized carbons (Fsp3) is 0.0400. The predicted octanol–water partition coefficient (Wildman–Crippen LogP) is 28.8. The smallest absolute Gasteiger partial charge is 0.164 e. The van der Waals surface area contributed by atoms with Crippen LogP contribution in [0.25, 0.3) is 180 Å². The topological polar surface area (TPSA) is 155 Å². The highest BCUT2D eigenvalue weighted by Gasteiger charge is 2.52. The number of rotatable bonds is 14. The minimum Gasteiger partial charge on any atom is -0.264 e. The first-order chi connectivity index (χ1) is 67.6. The molecule has 12 nitrogen and oxygen atoms in total. The number of nitrogens with zero attached hydrogens (tertiary/aromatic N) is 12. The summed E-state index contributed by atoms with van der Waals surface area (Å²) in [5.41, 5.74) is 36.9. The highest BCUT2D eigenvalue weighted by Crippen LogP contribution is 2.64. The summed E-state index contributed by atoms with van der Waals surface area (Å²) in [4.78, 5) is 58.2. The van der Waals surface area contributed by atoms with Crippen molar-refractivity contribution in [3.05, 3.63) is 530 Å². The van der Waals surface area contributed by atoms with Crippen LogP contribution in [-0.4, -0.2) is 59.8 Å². The number of aromatic nitrogens is 12. The van der Waals surface area contributed by atoms with Crippen molar-refractivity contribution < 1.29 is 0 Å². The van der Waals surface area contributed by atoms with Crippen LogP contribution in [0.3, 0.4) is 0 Å². The van der Waals surface area contributed by atoms with E-state index in [2.05, 4.69) is 369 Å². The zero-order valence-corrected chi connectivity index (χ0v) is 74.9. The van der Waals surface area contributed by atoms with E-state index < -0.39 is 10.8 Å². The Labute approximate surface area is 794 Å². The molecule has 12 heteroatoms. The number of pyridine rings is 3. The van der Waals surface area contributed by atoms with Gasteiger partial charge in [-0.2, -0.15) is 0 Å². The van der Waals surface area contributed by atoms with Gasteiger partial charge in [0.25, 0.3) is 0 Å². The van der Waals surface area contributed by atoms with Gasteiger partial charge in [-0.15, -0.1) is 0 Å². The van der Waals surface area contributed by atoms with Crippen molar-refractivity contribution in [2.75, 3.05) is 0 Å². The molecule has 137 heavy (non-hydrogen) atoms. The largest absolute Gasteiger partial charge is 0.264 e. The zero-order chi connectivity index (χ0) is 91.4. The molecule has 4 aliphatic rings. The molecule has 0 atom stereocenters. The van der Waals surface area contributed by atoms with Crippen LogP contribution >= 0.6 is 0 Å². The minimum atomic E-state index is -0.509. The van der Waals surface area contributed by atoms with E-state index in [9.17, 15) is 0 Å². The maximum atomic E-state index is 5.15. The molecular formula is C125H84N12. The molecule has 0 unspecified atom stereocenters. The molecule has 0 saturated heterocycles. The van der Waals surface area contributed by atoms with Gasteiger partial charge in [0, 0.05) is 92.7 Å². The van der Waals surface area contributed by atoms with Crippen molar-refractivity contribution in [1.29, 1.82) is 0 Å². The summed E-state index contributed by atoms with van der Waals surface area (Å²) in [6.45, 7) is 4.58. The number of fused-ring (bicyclic) bond motifs is 16. The van der Waals surface area contributed by atoms with Crippen molar-refractivity contribution >= 4 is 0 Å². The quantitative estimate of drug-likeness (QED) is 0.102. The number of hydrogen-bond acceptors (Lipinski definition) is 12. The molecule has 0 fully saturated rings. The van der Waals surface area contributed by atoms with Crippen molar-refractivity contribution in [3.8, 4) is 180 Å². The van der Waals surface area contributed by atoms with E-state index in [1.165, 1.54) is 100 Å². The third-order valence-corrected chi connectivity index (χ3v) is 27.2. The average Bonchev–Trinajstić information content (AvgIpc) is 1.50. The van der Waals surface area contributed by atoms with Gasteiger partial charge >= 0.3 is 0 Å². The summed E-state index contributed by atoms with van der Waals surface area (Å²) in [5.74, 6) is 5.81. The molecule has 644 valence electrons. The predicted molar refractivity (Wildman–Crippen MR) is 549 cm³/mol. The van der Waals surface area contributed by atoms with E-state index >= 15 is 0 Å². The monoisotopic (exact) mass is 1750 g/mol. The van der Waals surface area contributed by atoms with Crippen LogP contribution in [0.5, 0.6) is 0 Å². The van der Waals surface area contributed by atoms with Gasteiger partial charge in [-0.05, 0) is 170 Å². The SMILES string of the molecule is CC1(C)c2ccccc2-c2ccc(-c3nc(-c4ccccc4)nc(-c4ccc(-c5cccnc5)cc4)n3)cc21.c1ccc(-c2nc(-c3ccc(-c4cccnc4)cc3)nc(-c3ccc4c(c3)C(c3ccccc3)(c3ccccc3)c3ccccc3-4)n2)cc1.c1ccc(-c2nc(-c3ccc(-c4cccnc4)cc3)nc(-c3ccc4c(c3)C3(c5ccccc5-c5ccccc53)c3ccccc3-4)n2)cc1. The van der Waals surface area contributed by atoms with Gasteiger partial charge in [0.15, 0.2) is 52.4 Å². The van der Waals surface area contributed by atoms with Gasteiger partial charge in [0.05, 0.1) is 10.8 Å². The molecule has 0 amide bonds. The molecule has 1 spiro atoms. The molecule has 0 saturated carbocycles. The van der Waals surface area contributed by atoms with Crippen LogP contribution < -0.4 is 0 Å². The Kier molecular flexibility index (Phi) is 20.8. The van der Waals surface area contributed by atoms with E-state index in [-0.39, 0.29) is 5.41 Å². The molecule has 0 bridgehead atoms. The normalized spacial score (nSPS) is 12.9. The van der Waals surface area contributed by atoms with E-state index in [1.54, 1.807) is 18.6 Å². The zero-order valence-electron chi connectivity index (χ0n) is 74.9. The van der Waals surface area contributed by atoms with Crippen LogP contribution in [0.2, 0.25) is 0 Å². The van der Waals surface area contributed by atoms with Crippen molar-refractivity contribution in [3.63, 3.8) is 0 Å². The first-order valence-electron chi connectivity index (χ1n) is 46.2. The lowest BCUT2D eigenvalue weighted by atomic mass is 9.67. The fourth-order valence-corrected chi connectivity index (χ4v) is 20.7. The van der Waals surface area contributed by atoms with Crippen molar-refractivity contribution in [2.24, 2.45) is 0 Å². The lowest BCUT2D eigenvalue weighted by molar-refractivity contribution is 0.660. The second-order valence-electron chi connectivity index (χ2n) is 35.3. The van der Waals surface area contributed by atoms with Gasteiger partial charge in [-0.25, -0.2) is 44.9 Å². The summed E-state index contributed by atoms with van der Waals surface area (Å²) < 4.78 is 0. The van der Waals surface area contributed by atoms with Gasteiger partial charge in [0.1, 0.15) is 0 Å². The Bertz CT molecular complexity index is 7930. The van der Waals surface area contributed by atoms with Crippen LogP contribution in [0.4, 0.5) is 0 Å². The Morgan fingerprint density at radius 1 is 0.146 bits per heavy atom. The minimum absolute atomic E-state index is 0.0951. The summed E-state index contributed by atoms with van der Waals surface area (Å²) in [6.07, 6.45) is 11.0. The molecule has 0 N–H and O–H groups in total. The van der Waals surface area contributed by atoms with Gasteiger partial charge < -0.3 is 0 Å². The van der Waals surface area contributed by atoms with Crippen LogP contribution in [0.15, 0.2) is 474 Å². The van der Waals surface area contributed by atoms with E-state index in [0.717, 1.165) is 83.5 Å². The summed E-state index contributed by atoms with van der Waals surface area (Å²) in [7, 11) is 0. The molecule has 16 aromatic carbocycles. The van der Waals surface area contributed by atoms with E-state index in [0.29, 0.717) is 52.4 Å². The third kappa shape index (κ3) is 14.6. The van der Waals surface area contributed by atoms with Crippen LogP contribution in [-0.2, 0) is 16.2 Å². The standard InChI is InChI=1S/C45H28N4.C45H30N4.C35H26N4/c1-2-11-30(12-3-1)42-47-43(31-22-20-29(21-23-31)33-13-10-26-46-28-33)49-44(48-42)32-24-25-37-36-16-6-9-19-40(36)45(41(37)27-32)38-17-7-4-14-34(38)35-15-5-8-18-39(35)45;1-4-13-32(14-5-1)42-47-43(33-24-22-31(23-25-33)35-15-12-28-46-30-35)49-44(48-42)34-26-27-39-38-20-10-11-21-40(38)45(41(39)29-34,36-16-6-2-7-17-36)37-18-8-3-9-19-37;1-35(2)30-13-7-6-12-28(30)29-19-18-26(21-31(29)35)34-38-32(24-9-4-3-5-10-24)37-33(39-34)25-16-14-23(15-17-25)27-11-8-20-36-22-27/h1-28H;1-30H;3-22H,1-2H3. The molecule has 0 radical (unpaired) electrons. The second-order valence-corrected chi connectivity index (χ2v) is 35.3. The molecule has 4 aliphatic carbocycles. The summed E-state index contributed by atoms with van der Waals surface area (Å²) in [6, 6.07) is 153. The molecular weight excluding hydrogens is 1670 g/mol. The molecule has 0 aliphatic heterocycles. The van der Waals surface area contributed by atoms with Crippen LogP contribution in [0.1, 0.15) is 69.5 Å². The van der Waals surface area contributed by atoms with Crippen molar-refractivity contribution in [2.45, 2.75) is 30.1 Å². The highest BCUT2D eigenvalue weighted by molar-refractivity contribution is 5.97. The second kappa shape index (κ2) is 34.6. The average molecular weight is 1750 g/mol. The number of hydrogen-bond donors (Lipinski definition) is 0. The van der Waals surface area contributed by atoms with Gasteiger partial charge in [0.2, 0.25) is 0 Å².